The molecule has 0 radical (unpaired) electrons. The number of fused-ring (bicyclic) bond motifs is 11. The quantitative estimate of drug-likeness (QED) is 0.178. The highest BCUT2D eigenvalue weighted by Gasteiger charge is 2.49. The largest absolute Gasteiger partial charge is 0.192 e. The molecule has 0 fully saturated rings. The lowest BCUT2D eigenvalue weighted by atomic mass is 9.72. The van der Waals surface area contributed by atoms with Crippen LogP contribution in [0.15, 0.2) is 146 Å². The highest BCUT2D eigenvalue weighted by atomic mass is 14.5. The Bertz CT molecular complexity index is 3390. The molecule has 8 aromatic carbocycles. The van der Waals surface area contributed by atoms with Crippen LogP contribution < -0.4 is 0 Å². The van der Waals surface area contributed by atoms with Crippen LogP contribution in [0, 0.1) is 34.5 Å². The molecule has 0 amide bonds. The van der Waals surface area contributed by atoms with Crippen LogP contribution in [0.25, 0.3) is 99.1 Å². The molecule has 0 aromatic heterocycles. The Balaban J connectivity index is 1.15. The number of allylic oxidation sites excluding steroid dienone is 8. The first-order valence-electron chi connectivity index (χ1n) is 22.0. The number of nitrogens with zero attached hydrogens (tertiary/aromatic N) is 2. The summed E-state index contributed by atoms with van der Waals surface area (Å²) >= 11 is 0. The SMILES string of the molecule is CC(C)c1c2c(c(C(C)C)c3ccccc13)C1=CC=C3c4cc5c(-c6ccc(C#N)cc6)c6c(c(-c7ccc(C#N)cc7)c5cc4C4=CC=C2C1C43)-c1cccc2cccc-6c12. The van der Waals surface area contributed by atoms with Crippen molar-refractivity contribution in [2.24, 2.45) is 11.8 Å². The number of nitriles is 2. The topological polar surface area (TPSA) is 47.6 Å². The van der Waals surface area contributed by atoms with Gasteiger partial charge in [0.25, 0.3) is 0 Å². The molecular weight excluding hydrogens is 749 g/mol. The second-order valence-electron chi connectivity index (χ2n) is 18.4. The molecule has 13 rings (SSSR count). The summed E-state index contributed by atoms with van der Waals surface area (Å²) in [6.07, 6.45) is 9.88. The van der Waals surface area contributed by atoms with E-state index in [0.717, 1.165) is 11.1 Å². The van der Waals surface area contributed by atoms with Crippen LogP contribution in [0.3, 0.4) is 0 Å². The fourth-order valence-electron chi connectivity index (χ4n) is 12.4. The summed E-state index contributed by atoms with van der Waals surface area (Å²) < 4.78 is 0. The van der Waals surface area contributed by atoms with Crippen LogP contribution in [0.5, 0.6) is 0 Å². The molecule has 2 nitrogen and oxygen atoms in total. The monoisotopic (exact) mass is 788 g/mol. The number of hydrogen-bond donors (Lipinski definition) is 0. The van der Waals surface area contributed by atoms with Crippen molar-refractivity contribution in [3.05, 3.63) is 190 Å². The van der Waals surface area contributed by atoms with Gasteiger partial charge < -0.3 is 0 Å². The number of benzene rings is 8. The third-order valence-corrected chi connectivity index (χ3v) is 14.7. The predicted molar refractivity (Wildman–Crippen MR) is 257 cm³/mol. The molecule has 0 atom stereocenters. The average molecular weight is 789 g/mol. The molecule has 0 aliphatic heterocycles. The van der Waals surface area contributed by atoms with Crippen LogP contribution in [0.2, 0.25) is 0 Å². The molecular formula is C60H40N2. The lowest BCUT2D eigenvalue weighted by molar-refractivity contribution is 0.755. The van der Waals surface area contributed by atoms with Crippen molar-refractivity contribution >= 4 is 54.6 Å². The molecule has 5 aliphatic carbocycles. The minimum atomic E-state index is 0.218. The van der Waals surface area contributed by atoms with Gasteiger partial charge >= 0.3 is 0 Å². The van der Waals surface area contributed by atoms with Crippen molar-refractivity contribution in [1.82, 2.24) is 0 Å². The van der Waals surface area contributed by atoms with E-state index in [1.165, 1.54) is 121 Å². The molecule has 0 N–H and O–H groups in total. The Morgan fingerprint density at radius 3 is 1.24 bits per heavy atom. The molecule has 2 heteroatoms. The van der Waals surface area contributed by atoms with Crippen LogP contribution in [0.1, 0.15) is 84.0 Å². The van der Waals surface area contributed by atoms with Crippen LogP contribution >= 0.6 is 0 Å². The maximum Gasteiger partial charge on any atom is 0.0991 e. The molecule has 0 unspecified atom stereocenters. The first-order chi connectivity index (χ1) is 30.4. The fourth-order valence-corrected chi connectivity index (χ4v) is 12.4. The molecule has 290 valence electrons. The maximum atomic E-state index is 9.88. The third kappa shape index (κ3) is 4.42. The van der Waals surface area contributed by atoms with Gasteiger partial charge in [-0.2, -0.15) is 10.5 Å². The Morgan fingerprint density at radius 2 is 0.823 bits per heavy atom. The molecule has 0 saturated heterocycles. The van der Waals surface area contributed by atoms with Crippen molar-refractivity contribution in [2.45, 2.75) is 39.5 Å². The average Bonchev–Trinajstić information content (AvgIpc) is 3.92. The Labute approximate surface area is 361 Å². The molecule has 5 aliphatic rings. The molecule has 0 bridgehead atoms. The lowest BCUT2D eigenvalue weighted by Crippen LogP contribution is -2.18. The second-order valence-corrected chi connectivity index (χ2v) is 18.4. The van der Waals surface area contributed by atoms with Gasteiger partial charge in [0.1, 0.15) is 0 Å². The van der Waals surface area contributed by atoms with E-state index < -0.39 is 0 Å². The van der Waals surface area contributed by atoms with Crippen LogP contribution in [-0.2, 0) is 0 Å². The minimum absolute atomic E-state index is 0.218. The van der Waals surface area contributed by atoms with Gasteiger partial charge in [-0.3, -0.25) is 0 Å². The Hall–Kier alpha value is -7.52. The van der Waals surface area contributed by atoms with Crippen molar-refractivity contribution < 1.29 is 0 Å². The van der Waals surface area contributed by atoms with Crippen molar-refractivity contribution in [1.29, 1.82) is 10.5 Å². The zero-order valence-corrected chi connectivity index (χ0v) is 35.1. The molecule has 0 spiro atoms. The highest BCUT2D eigenvalue weighted by Crippen LogP contribution is 2.66. The first kappa shape index (κ1) is 35.3. The van der Waals surface area contributed by atoms with Gasteiger partial charge in [-0.1, -0.05) is 137 Å². The van der Waals surface area contributed by atoms with E-state index in [1.54, 1.807) is 0 Å². The van der Waals surface area contributed by atoms with E-state index >= 15 is 0 Å². The summed E-state index contributed by atoms with van der Waals surface area (Å²) in [7, 11) is 0. The van der Waals surface area contributed by atoms with Gasteiger partial charge in [-0.15, -0.1) is 0 Å². The first-order valence-corrected chi connectivity index (χ1v) is 22.0. The summed E-state index contributed by atoms with van der Waals surface area (Å²) in [5.41, 5.74) is 25.1. The lowest BCUT2D eigenvalue weighted by Gasteiger charge is -2.31. The molecule has 0 saturated carbocycles. The zero-order chi connectivity index (χ0) is 41.7. The summed E-state index contributed by atoms with van der Waals surface area (Å²) in [5, 5.41) is 27.4. The van der Waals surface area contributed by atoms with Gasteiger partial charge in [0.15, 0.2) is 0 Å². The van der Waals surface area contributed by atoms with E-state index in [2.05, 4.69) is 161 Å². The van der Waals surface area contributed by atoms with Crippen LogP contribution in [0.4, 0.5) is 0 Å². The summed E-state index contributed by atoms with van der Waals surface area (Å²) in [6, 6.07) is 48.6. The van der Waals surface area contributed by atoms with Gasteiger partial charge in [0, 0.05) is 11.8 Å². The van der Waals surface area contributed by atoms with E-state index in [9.17, 15) is 10.5 Å². The smallest absolute Gasteiger partial charge is 0.0991 e. The fraction of sp³-hybridized carbons (Fsp3) is 0.133. The van der Waals surface area contributed by atoms with E-state index in [-0.39, 0.29) is 11.8 Å². The summed E-state index contributed by atoms with van der Waals surface area (Å²) in [6.45, 7) is 9.47. The van der Waals surface area contributed by atoms with Gasteiger partial charge in [-0.05, 0) is 181 Å². The van der Waals surface area contributed by atoms with Gasteiger partial charge in [0.2, 0.25) is 0 Å². The van der Waals surface area contributed by atoms with Gasteiger partial charge in [0.05, 0.1) is 23.3 Å². The normalized spacial score (nSPS) is 17.0. The van der Waals surface area contributed by atoms with Crippen molar-refractivity contribution in [2.75, 3.05) is 0 Å². The summed E-state index contributed by atoms with van der Waals surface area (Å²) in [5.74, 6) is 1.22. The third-order valence-electron chi connectivity index (χ3n) is 14.7. The number of rotatable bonds is 4. The number of hydrogen-bond acceptors (Lipinski definition) is 2. The molecule has 8 aromatic rings. The predicted octanol–water partition coefficient (Wildman–Crippen LogP) is 15.6. The van der Waals surface area contributed by atoms with Crippen molar-refractivity contribution in [3.63, 3.8) is 0 Å². The van der Waals surface area contributed by atoms with E-state index in [1.807, 2.05) is 24.3 Å². The van der Waals surface area contributed by atoms with Crippen molar-refractivity contribution in [3.8, 4) is 56.6 Å². The van der Waals surface area contributed by atoms with E-state index in [0.29, 0.717) is 23.0 Å². The Kier molecular flexibility index (Phi) is 7.12. The second kappa shape index (κ2) is 12.5. The zero-order valence-electron chi connectivity index (χ0n) is 35.1. The van der Waals surface area contributed by atoms with Crippen LogP contribution in [-0.4, -0.2) is 0 Å². The standard InChI is InChI=1S/C60H40N2/c1-31(2)50-38-11-5-6-12-39(38)51(32(3)4)58-45-26-24-41-47-28-49-48(27-46(47)40-23-25-44(57(50)58)56(45)55(40)41)53(36-19-15-33(29-61)16-20-36)59-42-13-7-9-35-10-8-14-43(52(35)42)60(59)54(49)37-21-17-34(30-62)18-22-37/h5-28,31-32,55-56H,1-4H3. The molecule has 62 heavy (non-hydrogen) atoms. The maximum absolute atomic E-state index is 9.88. The Morgan fingerprint density at radius 1 is 0.403 bits per heavy atom. The minimum Gasteiger partial charge on any atom is -0.192 e. The van der Waals surface area contributed by atoms with Gasteiger partial charge in [-0.25, -0.2) is 0 Å². The summed E-state index contributed by atoms with van der Waals surface area (Å²) in [4.78, 5) is 0. The molecule has 0 heterocycles. The van der Waals surface area contributed by atoms with E-state index in [4.69, 9.17) is 0 Å². The highest BCUT2D eigenvalue weighted by molar-refractivity contribution is 6.28.